The summed E-state index contributed by atoms with van der Waals surface area (Å²) in [5.41, 5.74) is 6.59. The fraction of sp³-hybridized carbons (Fsp3) is 0.0526. The topological polar surface area (TPSA) is 0 Å². The SMILES string of the molecule is PCc1c(-c2ccccc2)cccc1-c1ccccc1. The highest BCUT2D eigenvalue weighted by Gasteiger charge is 2.09. The molecule has 1 heteroatoms. The van der Waals surface area contributed by atoms with Crippen molar-refractivity contribution in [2.24, 2.45) is 0 Å². The third kappa shape index (κ3) is 2.53. The van der Waals surface area contributed by atoms with E-state index in [2.05, 4.69) is 88.1 Å². The molecule has 0 aromatic heterocycles. The van der Waals surface area contributed by atoms with Crippen molar-refractivity contribution in [2.45, 2.75) is 6.16 Å². The first-order valence-electron chi connectivity index (χ1n) is 6.83. The molecule has 0 radical (unpaired) electrons. The maximum absolute atomic E-state index is 2.86. The van der Waals surface area contributed by atoms with Crippen molar-refractivity contribution in [1.29, 1.82) is 0 Å². The summed E-state index contributed by atoms with van der Waals surface area (Å²) >= 11 is 0. The molecule has 0 amide bonds. The summed E-state index contributed by atoms with van der Waals surface area (Å²) in [6.45, 7) is 0. The molecule has 0 spiro atoms. The zero-order valence-electron chi connectivity index (χ0n) is 11.3. The second-order valence-corrected chi connectivity index (χ2v) is 5.18. The quantitative estimate of drug-likeness (QED) is 0.562. The van der Waals surface area contributed by atoms with Gasteiger partial charge >= 0.3 is 0 Å². The molecule has 0 nitrogen and oxygen atoms in total. The Kier molecular flexibility index (Phi) is 3.95. The Hall–Kier alpha value is -1.91. The van der Waals surface area contributed by atoms with E-state index in [1.807, 2.05) is 0 Å². The van der Waals surface area contributed by atoms with Gasteiger partial charge in [0.25, 0.3) is 0 Å². The predicted octanol–water partition coefficient (Wildman–Crippen LogP) is 5.40. The van der Waals surface area contributed by atoms with Crippen LogP contribution in [0.2, 0.25) is 0 Å². The molecule has 0 aliphatic rings. The van der Waals surface area contributed by atoms with Gasteiger partial charge in [-0.05, 0) is 34.0 Å². The molecule has 0 aliphatic carbocycles. The van der Waals surface area contributed by atoms with Crippen LogP contribution in [0.25, 0.3) is 22.3 Å². The first kappa shape index (κ1) is 13.1. The van der Waals surface area contributed by atoms with Crippen LogP contribution in [-0.2, 0) is 6.16 Å². The van der Waals surface area contributed by atoms with E-state index >= 15 is 0 Å². The fourth-order valence-corrected chi connectivity index (χ4v) is 3.02. The maximum Gasteiger partial charge on any atom is -0.0116 e. The Morgan fingerprint density at radius 1 is 0.550 bits per heavy atom. The maximum atomic E-state index is 2.86. The smallest absolute Gasteiger partial charge is 0.0116 e. The molecule has 0 saturated carbocycles. The van der Waals surface area contributed by atoms with Crippen LogP contribution in [-0.4, -0.2) is 0 Å². The molecule has 1 unspecified atom stereocenters. The van der Waals surface area contributed by atoms with Crippen molar-refractivity contribution in [2.75, 3.05) is 0 Å². The van der Waals surface area contributed by atoms with Crippen molar-refractivity contribution < 1.29 is 0 Å². The van der Waals surface area contributed by atoms with Gasteiger partial charge in [-0.3, -0.25) is 0 Å². The zero-order valence-corrected chi connectivity index (χ0v) is 12.4. The average molecular weight is 276 g/mol. The summed E-state index contributed by atoms with van der Waals surface area (Å²) in [7, 11) is 2.86. The van der Waals surface area contributed by atoms with Crippen LogP contribution in [0.4, 0.5) is 0 Å². The molecule has 20 heavy (non-hydrogen) atoms. The standard InChI is InChI=1S/C19H17P/c20-14-19-17(15-8-3-1-4-9-15)12-7-13-18(19)16-10-5-2-6-11-16/h1-13H,14,20H2. The van der Waals surface area contributed by atoms with Gasteiger partial charge in [-0.25, -0.2) is 0 Å². The highest BCUT2D eigenvalue weighted by molar-refractivity contribution is 7.15. The van der Waals surface area contributed by atoms with Gasteiger partial charge in [0.05, 0.1) is 0 Å². The second-order valence-electron chi connectivity index (χ2n) is 4.77. The van der Waals surface area contributed by atoms with E-state index < -0.39 is 0 Å². The molecule has 0 saturated heterocycles. The van der Waals surface area contributed by atoms with Crippen LogP contribution in [0.15, 0.2) is 78.9 Å². The van der Waals surface area contributed by atoms with E-state index in [1.165, 1.54) is 27.8 Å². The van der Waals surface area contributed by atoms with E-state index in [-0.39, 0.29) is 0 Å². The molecule has 0 fully saturated rings. The summed E-state index contributed by atoms with van der Waals surface area (Å²) < 4.78 is 0. The fourth-order valence-electron chi connectivity index (χ4n) is 2.58. The summed E-state index contributed by atoms with van der Waals surface area (Å²) in [6.07, 6.45) is 0.954. The van der Waals surface area contributed by atoms with Crippen molar-refractivity contribution >= 4 is 9.24 Å². The molecule has 3 rings (SSSR count). The molecule has 3 aromatic rings. The average Bonchev–Trinajstić information content (AvgIpc) is 2.55. The van der Waals surface area contributed by atoms with E-state index in [0.29, 0.717) is 0 Å². The van der Waals surface area contributed by atoms with Crippen LogP contribution >= 0.6 is 9.24 Å². The van der Waals surface area contributed by atoms with Crippen molar-refractivity contribution in [3.8, 4) is 22.3 Å². The number of hydrogen-bond acceptors (Lipinski definition) is 0. The van der Waals surface area contributed by atoms with Gasteiger partial charge in [-0.1, -0.05) is 78.9 Å². The van der Waals surface area contributed by atoms with Crippen LogP contribution in [0, 0.1) is 0 Å². The molecule has 1 atom stereocenters. The largest absolute Gasteiger partial charge is 0.133 e. The van der Waals surface area contributed by atoms with Crippen LogP contribution < -0.4 is 0 Å². The van der Waals surface area contributed by atoms with Crippen LogP contribution in [0.5, 0.6) is 0 Å². The van der Waals surface area contributed by atoms with Gasteiger partial charge in [0.15, 0.2) is 0 Å². The van der Waals surface area contributed by atoms with Crippen LogP contribution in [0.1, 0.15) is 5.56 Å². The molecule has 0 heterocycles. The van der Waals surface area contributed by atoms with Gasteiger partial charge in [0, 0.05) is 0 Å². The normalized spacial score (nSPS) is 10.4. The molecule has 0 bridgehead atoms. The number of benzene rings is 3. The number of hydrogen-bond donors (Lipinski definition) is 0. The third-order valence-electron chi connectivity index (χ3n) is 3.55. The minimum Gasteiger partial charge on any atom is -0.133 e. The second kappa shape index (κ2) is 6.03. The summed E-state index contributed by atoms with van der Waals surface area (Å²) in [4.78, 5) is 0. The highest BCUT2D eigenvalue weighted by atomic mass is 31.0. The van der Waals surface area contributed by atoms with Crippen molar-refractivity contribution in [1.82, 2.24) is 0 Å². The minimum atomic E-state index is 0.954. The Morgan fingerprint density at radius 3 is 1.40 bits per heavy atom. The number of rotatable bonds is 3. The molecule has 3 aromatic carbocycles. The third-order valence-corrected chi connectivity index (χ3v) is 3.96. The Bertz CT molecular complexity index is 630. The van der Waals surface area contributed by atoms with E-state index in [0.717, 1.165) is 6.16 Å². The lowest BCUT2D eigenvalue weighted by atomic mass is 9.93. The Balaban J connectivity index is 2.19. The first-order chi connectivity index (χ1) is 9.90. The highest BCUT2D eigenvalue weighted by Crippen LogP contribution is 2.33. The van der Waals surface area contributed by atoms with Gasteiger partial charge in [0.1, 0.15) is 0 Å². The lowest BCUT2D eigenvalue weighted by molar-refractivity contribution is 1.40. The van der Waals surface area contributed by atoms with E-state index in [4.69, 9.17) is 0 Å². The summed E-state index contributed by atoms with van der Waals surface area (Å²) in [5, 5.41) is 0. The van der Waals surface area contributed by atoms with E-state index in [1.54, 1.807) is 0 Å². The van der Waals surface area contributed by atoms with Crippen molar-refractivity contribution in [3.05, 3.63) is 84.4 Å². The molecule has 98 valence electrons. The Morgan fingerprint density at radius 2 is 1.00 bits per heavy atom. The minimum absolute atomic E-state index is 0.954. The molecular weight excluding hydrogens is 259 g/mol. The summed E-state index contributed by atoms with van der Waals surface area (Å²) in [6, 6.07) is 27.8. The van der Waals surface area contributed by atoms with Gasteiger partial charge in [0.2, 0.25) is 0 Å². The summed E-state index contributed by atoms with van der Waals surface area (Å²) in [5.74, 6) is 0. The zero-order chi connectivity index (χ0) is 13.8. The Labute approximate surface area is 122 Å². The lowest BCUT2D eigenvalue weighted by Gasteiger charge is -2.14. The van der Waals surface area contributed by atoms with Gasteiger partial charge in [-0.15, -0.1) is 9.24 Å². The van der Waals surface area contributed by atoms with E-state index in [9.17, 15) is 0 Å². The predicted molar refractivity (Wildman–Crippen MR) is 90.7 cm³/mol. The molecular formula is C19H17P. The monoisotopic (exact) mass is 276 g/mol. The van der Waals surface area contributed by atoms with Gasteiger partial charge < -0.3 is 0 Å². The molecule has 0 N–H and O–H groups in total. The van der Waals surface area contributed by atoms with Crippen molar-refractivity contribution in [3.63, 3.8) is 0 Å². The lowest BCUT2D eigenvalue weighted by Crippen LogP contribution is -1.91. The van der Waals surface area contributed by atoms with Gasteiger partial charge in [-0.2, -0.15) is 0 Å². The van der Waals surface area contributed by atoms with Crippen LogP contribution in [0.3, 0.4) is 0 Å². The first-order valence-corrected chi connectivity index (χ1v) is 7.64. The molecule has 0 aliphatic heterocycles.